The fraction of sp³-hybridized carbons (Fsp3) is 0.474. The second-order valence-corrected chi connectivity index (χ2v) is 7.34. The molecule has 0 aliphatic rings. The van der Waals surface area contributed by atoms with E-state index < -0.39 is 5.97 Å². The highest BCUT2D eigenvalue weighted by molar-refractivity contribution is 7.99. The smallest absolute Gasteiger partial charge is 0.316 e. The van der Waals surface area contributed by atoms with E-state index in [-0.39, 0.29) is 18.3 Å². The molecule has 0 bridgehead atoms. The lowest BCUT2D eigenvalue weighted by Gasteiger charge is -2.27. The van der Waals surface area contributed by atoms with Gasteiger partial charge in [-0.3, -0.25) is 9.59 Å². The molecule has 1 aromatic carbocycles. The molecule has 1 amide bonds. The lowest BCUT2D eigenvalue weighted by Crippen LogP contribution is -2.30. The Bertz CT molecular complexity index is 776. The number of rotatable bonds is 10. The van der Waals surface area contributed by atoms with Crippen LogP contribution in [0.3, 0.4) is 0 Å². The zero-order valence-electron chi connectivity index (χ0n) is 16.6. The third-order valence-corrected chi connectivity index (χ3v) is 4.73. The number of amides is 1. The van der Waals surface area contributed by atoms with Crippen LogP contribution in [0.4, 0.5) is 11.4 Å². The molecular weight excluding hydrogens is 380 g/mol. The van der Waals surface area contributed by atoms with Gasteiger partial charge in [0.2, 0.25) is 5.89 Å². The third kappa shape index (κ3) is 6.88. The highest BCUT2D eigenvalue weighted by atomic mass is 32.2. The Balaban J connectivity index is 1.70. The lowest BCUT2D eigenvalue weighted by atomic mass is 10.2. The minimum Gasteiger partial charge on any atom is -0.455 e. The minimum absolute atomic E-state index is 0.109. The summed E-state index contributed by atoms with van der Waals surface area (Å²) >= 11 is 1.30. The first-order valence-corrected chi connectivity index (χ1v) is 10.2. The Morgan fingerprint density at radius 3 is 2.57 bits per heavy atom. The van der Waals surface area contributed by atoms with E-state index >= 15 is 0 Å². The second kappa shape index (κ2) is 10.7. The molecule has 0 unspecified atom stereocenters. The van der Waals surface area contributed by atoms with Crippen LogP contribution in [0.5, 0.6) is 0 Å². The number of benzene rings is 1. The van der Waals surface area contributed by atoms with Crippen LogP contribution in [0, 0.1) is 6.92 Å². The van der Waals surface area contributed by atoms with Gasteiger partial charge in [0.1, 0.15) is 0 Å². The largest absolute Gasteiger partial charge is 0.455 e. The number of nitrogens with one attached hydrogen (secondary N) is 1. The molecule has 0 spiro atoms. The van der Waals surface area contributed by atoms with Crippen LogP contribution in [0.2, 0.25) is 0 Å². The first-order chi connectivity index (χ1) is 13.4. The van der Waals surface area contributed by atoms with E-state index in [4.69, 9.17) is 9.26 Å². The van der Waals surface area contributed by atoms with Crippen molar-refractivity contribution in [1.82, 2.24) is 10.1 Å². The summed E-state index contributed by atoms with van der Waals surface area (Å²) in [6.07, 6.45) is 0. The van der Waals surface area contributed by atoms with E-state index in [0.29, 0.717) is 29.2 Å². The van der Waals surface area contributed by atoms with E-state index in [2.05, 4.69) is 41.1 Å². The molecule has 0 saturated heterocycles. The summed E-state index contributed by atoms with van der Waals surface area (Å²) in [7, 11) is 0. The highest BCUT2D eigenvalue weighted by Crippen LogP contribution is 2.19. The van der Waals surface area contributed by atoms with Gasteiger partial charge in [0.15, 0.2) is 12.4 Å². The number of anilines is 2. The van der Waals surface area contributed by atoms with Gasteiger partial charge < -0.3 is 19.5 Å². The first kappa shape index (κ1) is 21.7. The maximum atomic E-state index is 12.0. The van der Waals surface area contributed by atoms with Gasteiger partial charge in [-0.15, -0.1) is 11.8 Å². The molecule has 2 aromatic rings. The topological polar surface area (TPSA) is 97.6 Å². The zero-order valence-corrected chi connectivity index (χ0v) is 17.4. The van der Waals surface area contributed by atoms with Crippen LogP contribution in [-0.2, 0) is 20.1 Å². The third-order valence-electron chi connectivity index (χ3n) is 3.83. The predicted molar refractivity (Wildman–Crippen MR) is 109 cm³/mol. The molecule has 28 heavy (non-hydrogen) atoms. The standard InChI is InChI=1S/C19H26N4O4S/c1-5-23(13(2)3)16-8-6-15(7-9-16)21-18(24)10-26-19(25)12-28-11-17-20-14(4)27-22-17/h6-9,13H,5,10-12H2,1-4H3,(H,21,24). The summed E-state index contributed by atoms with van der Waals surface area (Å²) in [4.78, 5) is 30.0. The van der Waals surface area contributed by atoms with Crippen molar-refractivity contribution in [2.75, 3.05) is 29.1 Å². The number of hydrogen-bond donors (Lipinski definition) is 1. The molecule has 2 rings (SSSR count). The number of aromatic nitrogens is 2. The number of nitrogens with zero attached hydrogens (tertiary/aromatic N) is 3. The number of thioether (sulfide) groups is 1. The Hall–Kier alpha value is -2.55. The van der Waals surface area contributed by atoms with Crippen molar-refractivity contribution in [3.05, 3.63) is 36.0 Å². The quantitative estimate of drug-likeness (QED) is 0.601. The van der Waals surface area contributed by atoms with E-state index in [0.717, 1.165) is 12.2 Å². The first-order valence-electron chi connectivity index (χ1n) is 9.08. The number of carbonyl (C=O) groups is 2. The average Bonchev–Trinajstić information content (AvgIpc) is 3.07. The van der Waals surface area contributed by atoms with Gasteiger partial charge in [0.25, 0.3) is 5.91 Å². The molecule has 0 aliphatic heterocycles. The SMILES string of the molecule is CCN(c1ccc(NC(=O)COC(=O)CSCc2noc(C)n2)cc1)C(C)C. The number of carbonyl (C=O) groups excluding carboxylic acids is 2. The van der Waals surface area contributed by atoms with Gasteiger partial charge in [0.05, 0.1) is 11.5 Å². The molecule has 152 valence electrons. The van der Waals surface area contributed by atoms with Gasteiger partial charge >= 0.3 is 5.97 Å². The Morgan fingerprint density at radius 1 is 1.29 bits per heavy atom. The molecule has 0 atom stereocenters. The molecule has 0 saturated carbocycles. The van der Waals surface area contributed by atoms with E-state index in [9.17, 15) is 9.59 Å². The lowest BCUT2D eigenvalue weighted by molar-refractivity contribution is -0.144. The summed E-state index contributed by atoms with van der Waals surface area (Å²) in [5.41, 5.74) is 1.75. The maximum Gasteiger partial charge on any atom is 0.316 e. The Kier molecular flexibility index (Phi) is 8.31. The second-order valence-electron chi connectivity index (χ2n) is 6.36. The maximum absolute atomic E-state index is 12.0. The van der Waals surface area contributed by atoms with Crippen molar-refractivity contribution < 1.29 is 18.8 Å². The van der Waals surface area contributed by atoms with Crippen molar-refractivity contribution in [2.24, 2.45) is 0 Å². The van der Waals surface area contributed by atoms with Gasteiger partial charge in [-0.25, -0.2) is 0 Å². The highest BCUT2D eigenvalue weighted by Gasteiger charge is 2.11. The fourth-order valence-electron chi connectivity index (χ4n) is 2.59. The van der Waals surface area contributed by atoms with Crippen molar-refractivity contribution in [3.63, 3.8) is 0 Å². The monoisotopic (exact) mass is 406 g/mol. The van der Waals surface area contributed by atoms with Gasteiger partial charge in [0, 0.05) is 30.9 Å². The van der Waals surface area contributed by atoms with Gasteiger partial charge in [-0.2, -0.15) is 4.98 Å². The van der Waals surface area contributed by atoms with E-state index in [1.54, 1.807) is 6.92 Å². The normalized spacial score (nSPS) is 10.8. The Morgan fingerprint density at radius 2 is 2.00 bits per heavy atom. The summed E-state index contributed by atoms with van der Waals surface area (Å²) in [5.74, 6) is 0.709. The predicted octanol–water partition coefficient (Wildman–Crippen LogP) is 3.03. The molecule has 0 fully saturated rings. The van der Waals surface area contributed by atoms with Crippen molar-refractivity contribution in [3.8, 4) is 0 Å². The van der Waals surface area contributed by atoms with Crippen LogP contribution in [0.15, 0.2) is 28.8 Å². The fourth-order valence-corrected chi connectivity index (χ4v) is 3.24. The van der Waals surface area contributed by atoms with Crippen LogP contribution in [0.25, 0.3) is 0 Å². The van der Waals surface area contributed by atoms with Crippen LogP contribution in [-0.4, -0.2) is 47.0 Å². The van der Waals surface area contributed by atoms with Crippen molar-refractivity contribution in [1.29, 1.82) is 0 Å². The summed E-state index contributed by atoms with van der Waals surface area (Å²) < 4.78 is 9.84. The molecule has 1 N–H and O–H groups in total. The minimum atomic E-state index is -0.466. The van der Waals surface area contributed by atoms with Gasteiger partial charge in [-0.05, 0) is 45.0 Å². The molecule has 0 radical (unpaired) electrons. The molecule has 8 nitrogen and oxygen atoms in total. The van der Waals surface area contributed by atoms with Crippen LogP contribution < -0.4 is 10.2 Å². The number of hydrogen-bond acceptors (Lipinski definition) is 8. The number of aryl methyl sites for hydroxylation is 1. The average molecular weight is 407 g/mol. The molecule has 9 heteroatoms. The zero-order chi connectivity index (χ0) is 20.5. The van der Waals surface area contributed by atoms with Crippen molar-refractivity contribution >= 4 is 35.0 Å². The van der Waals surface area contributed by atoms with E-state index in [1.165, 1.54) is 11.8 Å². The van der Waals surface area contributed by atoms with Crippen LogP contribution in [0.1, 0.15) is 32.5 Å². The van der Waals surface area contributed by atoms with Crippen LogP contribution >= 0.6 is 11.8 Å². The number of esters is 1. The summed E-state index contributed by atoms with van der Waals surface area (Å²) in [5, 5.41) is 6.46. The molecule has 1 aromatic heterocycles. The summed E-state index contributed by atoms with van der Waals surface area (Å²) in [6.45, 7) is 8.65. The Labute approximate surface area is 169 Å². The summed E-state index contributed by atoms with van der Waals surface area (Å²) in [6, 6.07) is 7.99. The van der Waals surface area contributed by atoms with E-state index in [1.807, 2.05) is 24.3 Å². The van der Waals surface area contributed by atoms with Gasteiger partial charge in [-0.1, -0.05) is 5.16 Å². The number of ether oxygens (including phenoxy) is 1. The van der Waals surface area contributed by atoms with Crippen molar-refractivity contribution in [2.45, 2.75) is 39.5 Å². The molecule has 0 aliphatic carbocycles. The molecule has 1 heterocycles. The molecular formula is C19H26N4O4S.